The summed E-state index contributed by atoms with van der Waals surface area (Å²) in [6.45, 7) is 0. The fourth-order valence-corrected chi connectivity index (χ4v) is 3.70. The quantitative estimate of drug-likeness (QED) is 0.595. The highest BCUT2D eigenvalue weighted by Gasteiger charge is 2.34. The second kappa shape index (κ2) is 7.29. The number of carbonyl (C=O) groups is 3. The zero-order valence-electron chi connectivity index (χ0n) is 13.4. The normalized spacial score (nSPS) is 15.4. The molecule has 0 saturated carbocycles. The number of anilines is 1. The van der Waals surface area contributed by atoms with E-state index in [4.69, 9.17) is 12.2 Å². The number of hydrogen-bond donors (Lipinski definition) is 2. The summed E-state index contributed by atoms with van der Waals surface area (Å²) in [6.07, 6.45) is 1.34. The van der Waals surface area contributed by atoms with Gasteiger partial charge in [0.1, 0.15) is 5.82 Å². The summed E-state index contributed by atoms with van der Waals surface area (Å²) >= 11 is 6.10. The van der Waals surface area contributed by atoms with Crippen molar-refractivity contribution in [1.82, 2.24) is 0 Å². The minimum absolute atomic E-state index is 0.0201. The van der Waals surface area contributed by atoms with Gasteiger partial charge in [0.05, 0.1) is 21.7 Å². The van der Waals surface area contributed by atoms with Crippen molar-refractivity contribution in [3.63, 3.8) is 0 Å². The topological polar surface area (TPSA) is 94.9 Å². The number of thioether (sulfide) groups is 1. The zero-order valence-corrected chi connectivity index (χ0v) is 15.0. The molecule has 2 aromatic carbocycles. The van der Waals surface area contributed by atoms with Crippen LogP contribution < -0.4 is 4.90 Å². The highest BCUT2D eigenvalue weighted by atomic mass is 32.2. The SMILES string of the molecule is O=C(O)c1cc(C(=O)O)cc(N2C(=O)/C(=C/c3ccccc3F)SC2=S)c1. The molecule has 6 nitrogen and oxygen atoms in total. The first kappa shape index (κ1) is 18.7. The molecule has 1 amide bonds. The average Bonchev–Trinajstić information content (AvgIpc) is 2.90. The van der Waals surface area contributed by atoms with Crippen molar-refractivity contribution in [3.8, 4) is 0 Å². The van der Waals surface area contributed by atoms with E-state index in [0.29, 0.717) is 0 Å². The predicted molar refractivity (Wildman–Crippen MR) is 102 cm³/mol. The molecule has 136 valence electrons. The van der Waals surface area contributed by atoms with E-state index in [0.717, 1.165) is 34.9 Å². The van der Waals surface area contributed by atoms with E-state index < -0.39 is 23.7 Å². The fourth-order valence-electron chi connectivity index (χ4n) is 2.41. The highest BCUT2D eigenvalue weighted by Crippen LogP contribution is 2.37. The van der Waals surface area contributed by atoms with Crippen molar-refractivity contribution in [3.05, 3.63) is 69.9 Å². The summed E-state index contributed by atoms with van der Waals surface area (Å²) in [5.41, 5.74) is -0.371. The van der Waals surface area contributed by atoms with Crippen LogP contribution in [0, 0.1) is 5.82 Å². The Hall–Kier alpha value is -3.04. The third-order valence-corrected chi connectivity index (χ3v) is 4.96. The lowest BCUT2D eigenvalue weighted by atomic mass is 10.1. The van der Waals surface area contributed by atoms with Gasteiger partial charge < -0.3 is 10.2 Å². The van der Waals surface area contributed by atoms with Crippen LogP contribution >= 0.6 is 24.0 Å². The Balaban J connectivity index is 2.04. The van der Waals surface area contributed by atoms with Gasteiger partial charge in [-0.15, -0.1) is 0 Å². The standard InChI is InChI=1S/C18H10FNO5S2/c19-13-4-2-1-3-9(13)8-14-15(21)20(18(26)27-14)12-6-10(16(22)23)5-11(7-12)17(24)25/h1-8H,(H,22,23)(H,24,25)/b14-8-. The molecule has 0 spiro atoms. The van der Waals surface area contributed by atoms with Crippen molar-refractivity contribution in [2.24, 2.45) is 0 Å². The minimum atomic E-state index is -1.34. The largest absolute Gasteiger partial charge is 0.478 e. The van der Waals surface area contributed by atoms with E-state index in [1.54, 1.807) is 6.07 Å². The summed E-state index contributed by atoms with van der Waals surface area (Å²) < 4.78 is 13.9. The van der Waals surface area contributed by atoms with Gasteiger partial charge in [-0.2, -0.15) is 0 Å². The first-order valence-corrected chi connectivity index (χ1v) is 8.64. The average molecular weight is 403 g/mol. The van der Waals surface area contributed by atoms with E-state index in [1.807, 2.05) is 0 Å². The summed E-state index contributed by atoms with van der Waals surface area (Å²) in [5.74, 6) is -3.78. The third-order valence-electron chi connectivity index (χ3n) is 3.66. The number of halogens is 1. The van der Waals surface area contributed by atoms with Crippen molar-refractivity contribution in [2.75, 3.05) is 4.90 Å². The first-order valence-electron chi connectivity index (χ1n) is 7.42. The van der Waals surface area contributed by atoms with Crippen LogP contribution in [0.3, 0.4) is 0 Å². The van der Waals surface area contributed by atoms with Crippen LogP contribution in [0.15, 0.2) is 47.4 Å². The lowest BCUT2D eigenvalue weighted by molar-refractivity contribution is -0.113. The zero-order chi connectivity index (χ0) is 19.7. The Labute approximate surface area is 161 Å². The highest BCUT2D eigenvalue weighted by molar-refractivity contribution is 8.27. The van der Waals surface area contributed by atoms with Crippen LogP contribution in [0.2, 0.25) is 0 Å². The maximum absolute atomic E-state index is 13.8. The lowest BCUT2D eigenvalue weighted by Crippen LogP contribution is -2.28. The van der Waals surface area contributed by atoms with E-state index in [1.165, 1.54) is 24.3 Å². The van der Waals surface area contributed by atoms with Gasteiger partial charge in [0.2, 0.25) is 0 Å². The molecule has 0 aromatic heterocycles. The maximum atomic E-state index is 13.8. The number of amides is 1. The van der Waals surface area contributed by atoms with Gasteiger partial charge in [-0.1, -0.05) is 42.2 Å². The number of hydrogen-bond acceptors (Lipinski definition) is 5. The van der Waals surface area contributed by atoms with Gasteiger partial charge in [-0.05, 0) is 30.3 Å². The van der Waals surface area contributed by atoms with Crippen LogP contribution in [0.4, 0.5) is 10.1 Å². The van der Waals surface area contributed by atoms with E-state index in [-0.39, 0.29) is 31.6 Å². The molecule has 0 aliphatic carbocycles. The van der Waals surface area contributed by atoms with Crippen LogP contribution in [0.5, 0.6) is 0 Å². The van der Waals surface area contributed by atoms with Gasteiger partial charge in [0, 0.05) is 5.56 Å². The molecule has 1 aliphatic heterocycles. The summed E-state index contributed by atoms with van der Waals surface area (Å²) in [7, 11) is 0. The summed E-state index contributed by atoms with van der Waals surface area (Å²) in [5, 5.41) is 18.4. The number of aromatic carboxylic acids is 2. The molecule has 3 rings (SSSR count). The third kappa shape index (κ3) is 3.74. The number of benzene rings is 2. The molecule has 9 heteroatoms. The maximum Gasteiger partial charge on any atom is 0.335 e. The second-order valence-electron chi connectivity index (χ2n) is 5.42. The number of carbonyl (C=O) groups excluding carboxylic acids is 1. The Kier molecular flexibility index (Phi) is 5.06. The van der Waals surface area contributed by atoms with Crippen LogP contribution in [-0.4, -0.2) is 32.4 Å². The molecule has 0 unspecified atom stereocenters. The number of rotatable bonds is 4. The number of nitrogens with zero attached hydrogens (tertiary/aromatic N) is 1. The van der Waals surface area contributed by atoms with Gasteiger partial charge in [0.15, 0.2) is 4.32 Å². The number of carboxylic acid groups (broad SMARTS) is 2. The predicted octanol–water partition coefficient (Wildman–Crippen LogP) is 3.63. The van der Waals surface area contributed by atoms with E-state index >= 15 is 0 Å². The van der Waals surface area contributed by atoms with Crippen molar-refractivity contribution in [2.45, 2.75) is 0 Å². The molecule has 1 aliphatic rings. The Morgan fingerprint density at radius 1 is 1.07 bits per heavy atom. The smallest absolute Gasteiger partial charge is 0.335 e. The first-order chi connectivity index (χ1) is 12.8. The minimum Gasteiger partial charge on any atom is -0.478 e. The van der Waals surface area contributed by atoms with Crippen molar-refractivity contribution in [1.29, 1.82) is 0 Å². The molecule has 27 heavy (non-hydrogen) atoms. The molecule has 1 saturated heterocycles. The van der Waals surface area contributed by atoms with Gasteiger partial charge in [-0.3, -0.25) is 9.69 Å². The van der Waals surface area contributed by atoms with Crippen LogP contribution in [-0.2, 0) is 4.79 Å². The molecule has 1 fully saturated rings. The molecule has 0 bridgehead atoms. The molecule has 1 heterocycles. The molecular formula is C18H10FNO5S2. The number of thiocarbonyl (C=S) groups is 1. The van der Waals surface area contributed by atoms with Crippen molar-refractivity contribution < 1.29 is 29.0 Å². The molecule has 2 N–H and O–H groups in total. The molecule has 0 atom stereocenters. The summed E-state index contributed by atoms with van der Waals surface area (Å²) in [4.78, 5) is 36.4. The monoisotopic (exact) mass is 403 g/mol. The van der Waals surface area contributed by atoms with Crippen LogP contribution in [0.1, 0.15) is 26.3 Å². The Bertz CT molecular complexity index is 1000. The van der Waals surface area contributed by atoms with Gasteiger partial charge in [0.25, 0.3) is 5.91 Å². The molecule has 2 aromatic rings. The summed E-state index contributed by atoms with van der Waals surface area (Å²) in [6, 6.07) is 9.18. The van der Waals surface area contributed by atoms with Gasteiger partial charge in [-0.25, -0.2) is 14.0 Å². The van der Waals surface area contributed by atoms with Crippen LogP contribution in [0.25, 0.3) is 6.08 Å². The van der Waals surface area contributed by atoms with Gasteiger partial charge >= 0.3 is 11.9 Å². The fraction of sp³-hybridized carbons (Fsp3) is 0. The second-order valence-corrected chi connectivity index (χ2v) is 7.09. The number of carboxylic acids is 2. The van der Waals surface area contributed by atoms with E-state index in [2.05, 4.69) is 0 Å². The lowest BCUT2D eigenvalue weighted by Gasteiger charge is -2.16. The molecular weight excluding hydrogens is 393 g/mol. The molecule has 0 radical (unpaired) electrons. The van der Waals surface area contributed by atoms with Crippen molar-refractivity contribution >= 4 is 57.9 Å². The Morgan fingerprint density at radius 3 is 2.22 bits per heavy atom. The van der Waals surface area contributed by atoms with E-state index in [9.17, 15) is 29.0 Å². The Morgan fingerprint density at radius 2 is 1.67 bits per heavy atom.